The van der Waals surface area contributed by atoms with Gasteiger partial charge in [0.05, 0.1) is 64.9 Å². The summed E-state index contributed by atoms with van der Waals surface area (Å²) in [4.78, 5) is 51.0. The molecule has 0 bridgehead atoms. The van der Waals surface area contributed by atoms with Crippen LogP contribution in [0.4, 0.5) is 26.3 Å². The van der Waals surface area contributed by atoms with E-state index >= 15 is 0 Å². The Morgan fingerprint density at radius 3 is 0.885 bits per heavy atom. The number of benzene rings is 6. The molecule has 0 heterocycles. The number of carbonyl (C=O) groups is 4. The molecule has 2 unspecified atom stereocenters. The maximum absolute atomic E-state index is 12.6. The quantitative estimate of drug-likeness (QED) is 0.0129. The van der Waals surface area contributed by atoms with Gasteiger partial charge in [0.15, 0.2) is 40.6 Å². The number of carboxylic acids is 2. The minimum absolute atomic E-state index is 0. The molecule has 482 valence electrons. The smallest absolute Gasteiger partial charge is 0.422 e. The summed E-state index contributed by atoms with van der Waals surface area (Å²) in [5.41, 5.74) is -6.32. The fraction of sp³-hybridized carbons (Fsp3) is 0.322. The summed E-state index contributed by atoms with van der Waals surface area (Å²) in [5, 5.41) is 44.5. The first kappa shape index (κ1) is 82.8. The Balaban J connectivity index is 0. The van der Waals surface area contributed by atoms with Gasteiger partial charge in [-0.3, -0.25) is 0 Å². The largest absolute Gasteiger partial charge is 0.707 e. The zero-order chi connectivity index (χ0) is 66.0. The lowest BCUT2D eigenvalue weighted by atomic mass is 10.1. The van der Waals surface area contributed by atoms with Crippen LogP contribution in [0.15, 0.2) is 199 Å². The Labute approximate surface area is 519 Å². The normalized spacial score (nSPS) is 12.3. The molecule has 2 N–H and O–H groups in total. The number of aliphatic carboxylic acids is 2. The first-order valence-electron chi connectivity index (χ1n) is 24.6. The molecule has 28 heteroatoms. The van der Waals surface area contributed by atoms with Crippen molar-refractivity contribution in [3.05, 3.63) is 181 Å². The zero-order valence-electron chi connectivity index (χ0n) is 48.0. The number of ether oxygens (including phenoxy) is 4. The van der Waals surface area contributed by atoms with Gasteiger partial charge in [-0.05, 0) is 86.6 Å². The Morgan fingerprint density at radius 2 is 0.713 bits per heavy atom. The summed E-state index contributed by atoms with van der Waals surface area (Å²) in [6.45, 7) is 1.49. The number of nitrogens with zero attached hydrogens (tertiary/aromatic N) is 1. The molecule has 17 nitrogen and oxygen atoms in total. The number of hydrogen-bond donors (Lipinski definition) is 2. The fourth-order valence-electron chi connectivity index (χ4n) is 5.46. The number of carboxylic acid groups (broad SMARTS) is 2. The van der Waals surface area contributed by atoms with Crippen LogP contribution in [0.5, 0.6) is 0 Å². The number of quaternary nitrogens is 1. The van der Waals surface area contributed by atoms with Gasteiger partial charge in [0, 0.05) is 14.2 Å². The molecule has 0 saturated carbocycles. The van der Waals surface area contributed by atoms with Gasteiger partial charge in [0.25, 0.3) is 10.1 Å². The molecule has 0 aliphatic rings. The topological polar surface area (TPSA) is 258 Å². The highest BCUT2D eigenvalue weighted by Crippen LogP contribution is 2.35. The van der Waals surface area contributed by atoms with E-state index in [4.69, 9.17) is 57.6 Å². The molecule has 0 aliphatic heterocycles. The van der Waals surface area contributed by atoms with Gasteiger partial charge in [0.1, 0.15) is 46.1 Å². The molecule has 0 saturated heterocycles. The molecule has 0 spiro atoms. The molecule has 0 radical (unpaired) electrons. The van der Waals surface area contributed by atoms with Crippen LogP contribution in [0.25, 0.3) is 0 Å². The lowest BCUT2D eigenvalue weighted by molar-refractivity contribution is -0.849. The van der Waals surface area contributed by atoms with Gasteiger partial charge in [-0.15, -0.1) is 23.2 Å². The molecule has 0 aromatic heterocycles. The van der Waals surface area contributed by atoms with Crippen LogP contribution in [-0.2, 0) is 64.8 Å². The number of aliphatic hydroxyl groups is 2. The number of halogens is 8. The molecule has 0 aliphatic carbocycles. The van der Waals surface area contributed by atoms with E-state index in [-0.39, 0.29) is 73.6 Å². The predicted molar refractivity (Wildman–Crippen MR) is 314 cm³/mol. The zero-order valence-corrected chi connectivity index (χ0v) is 52.0. The van der Waals surface area contributed by atoms with Crippen LogP contribution in [0, 0.1) is 0 Å². The van der Waals surface area contributed by atoms with E-state index in [2.05, 4.69) is 81.1 Å². The van der Waals surface area contributed by atoms with Crippen LogP contribution in [0.2, 0.25) is 0 Å². The third kappa shape index (κ3) is 32.0. The van der Waals surface area contributed by atoms with Crippen LogP contribution in [-0.4, -0.2) is 151 Å². The third-order valence-electron chi connectivity index (χ3n) is 9.63. The molecule has 0 fully saturated rings. The van der Waals surface area contributed by atoms with E-state index in [1.807, 2.05) is 121 Å². The number of esters is 2. The average Bonchev–Trinajstić information content (AvgIpc) is 1.16. The number of rotatable bonds is 17. The van der Waals surface area contributed by atoms with Gasteiger partial charge in [0.2, 0.25) is 0 Å². The fourth-order valence-corrected chi connectivity index (χ4v) is 9.90. The van der Waals surface area contributed by atoms with Gasteiger partial charge in [-0.1, -0.05) is 104 Å². The summed E-state index contributed by atoms with van der Waals surface area (Å²) >= 11 is 9.53. The Morgan fingerprint density at radius 1 is 0.506 bits per heavy atom. The monoisotopic (exact) mass is 1330 g/mol. The van der Waals surface area contributed by atoms with Crippen molar-refractivity contribution < 1.29 is 107 Å². The molecule has 87 heavy (non-hydrogen) atoms. The standard InChI is InChI=1S/2C22H21O3S.2C4H5F3O3.C4H12N.CH2Cl2.CH4O4S.CH4/c2*1-24-16-17-25-22(23)20-14-8-9-15-21(20)26(18-10-4-2-5-11-18)19-12-6-3-7-13-19;2*1-3(10,2(8)9)4(5,6)7;1-5(2,3)4;2-1-3;1-6(3,4)5-2;/h2*2-15H,16-17H2,1H3;2*10H,1H3,(H,8,9);1-4H3;1H2;2H,1H3;1H4/q2*+1;;;+1;;;/p-3. The second kappa shape index (κ2) is 41.0. The van der Waals surface area contributed by atoms with Crippen LogP contribution < -0.4 is 15.5 Å². The Bertz CT molecular complexity index is 2760. The molecule has 6 rings (SSSR count). The first-order chi connectivity index (χ1) is 40.0. The van der Waals surface area contributed by atoms with Crippen molar-refractivity contribution in [3.8, 4) is 0 Å². The summed E-state index contributed by atoms with van der Waals surface area (Å²) < 4.78 is 112. The van der Waals surface area contributed by atoms with Crippen molar-refractivity contribution in [1.29, 1.82) is 0 Å². The molecule has 6 aromatic rings. The van der Waals surface area contributed by atoms with E-state index in [1.54, 1.807) is 14.2 Å². The van der Waals surface area contributed by atoms with E-state index in [0.29, 0.717) is 30.6 Å². The van der Waals surface area contributed by atoms with Crippen molar-refractivity contribution in [2.24, 2.45) is 0 Å². The molecule has 6 aromatic carbocycles. The van der Waals surface area contributed by atoms with Gasteiger partial charge >= 0.3 is 24.3 Å². The molecule has 0 amide bonds. The number of alkyl halides is 8. The van der Waals surface area contributed by atoms with Crippen LogP contribution >= 0.6 is 23.2 Å². The Hall–Kier alpha value is -6.27. The SMILES string of the molecule is C.CC(O)(C(=O)[O-])C(F)(F)F.CC(O)(C(=O)[O-])C(F)(F)F.COCCOC(=O)c1ccccc1[S+](c1ccccc1)c1ccccc1.COCCOC(=O)c1ccccc1[S+](c1ccccc1)c1ccccc1.CS(=O)(=O)O[O-].C[N+](C)(C)C.ClCCl. The minimum atomic E-state index is -5.19. The van der Waals surface area contributed by atoms with Crippen molar-refractivity contribution in [1.82, 2.24) is 0 Å². The van der Waals surface area contributed by atoms with Gasteiger partial charge in [-0.25, -0.2) is 18.0 Å². The number of methoxy groups -OCH3 is 2. The second-order valence-corrected chi connectivity index (χ2v) is 24.7. The van der Waals surface area contributed by atoms with Crippen molar-refractivity contribution in [2.75, 3.05) is 80.4 Å². The van der Waals surface area contributed by atoms with E-state index < -0.39 is 45.6 Å². The van der Waals surface area contributed by atoms with Crippen molar-refractivity contribution >= 4 is 79.0 Å². The van der Waals surface area contributed by atoms with E-state index in [1.165, 1.54) is 0 Å². The van der Waals surface area contributed by atoms with Crippen molar-refractivity contribution in [2.45, 2.75) is 74.2 Å². The summed E-state index contributed by atoms with van der Waals surface area (Å²) in [6, 6.07) is 56.4. The summed E-state index contributed by atoms with van der Waals surface area (Å²) in [6.07, 6.45) is -9.70. The lowest BCUT2D eigenvalue weighted by Crippen LogP contribution is -2.56. The number of carbonyl (C=O) groups excluding carboxylic acids is 4. The summed E-state index contributed by atoms with van der Waals surface area (Å²) in [5.74, 6) is -5.75. The lowest BCUT2D eigenvalue weighted by Gasteiger charge is -2.26. The maximum Gasteiger partial charge on any atom is 0.422 e. The molecular formula is C59H71Cl2F6NO16S3. The number of hydrogen-bond acceptors (Lipinski definition) is 16. The van der Waals surface area contributed by atoms with E-state index in [0.717, 1.165) is 33.9 Å². The maximum atomic E-state index is 12.6. The minimum Gasteiger partial charge on any atom is -0.707 e. The van der Waals surface area contributed by atoms with Crippen LogP contribution in [0.3, 0.4) is 0 Å². The second-order valence-electron chi connectivity index (χ2n) is 18.4. The third-order valence-corrected chi connectivity index (χ3v) is 14.4. The summed E-state index contributed by atoms with van der Waals surface area (Å²) in [7, 11) is 7.18. The van der Waals surface area contributed by atoms with Gasteiger partial charge in [-0.2, -0.15) is 26.3 Å². The first-order valence-corrected chi connectivity index (χ1v) is 29.9. The van der Waals surface area contributed by atoms with Crippen molar-refractivity contribution in [3.63, 3.8) is 0 Å². The van der Waals surface area contributed by atoms with Gasteiger partial charge < -0.3 is 63.0 Å². The van der Waals surface area contributed by atoms with E-state index in [9.17, 15) is 64.2 Å². The highest BCUT2D eigenvalue weighted by atomic mass is 35.5. The van der Waals surface area contributed by atoms with Crippen LogP contribution in [0.1, 0.15) is 42.0 Å². The highest BCUT2D eigenvalue weighted by molar-refractivity contribution is 7.97. The highest BCUT2D eigenvalue weighted by Gasteiger charge is 2.52. The predicted octanol–water partition coefficient (Wildman–Crippen LogP) is 7.89. The Kier molecular flexibility index (Phi) is 39.1. The molecule has 2 atom stereocenters. The average molecular weight is 1330 g/mol. The molecular weight excluding hydrogens is 1260 g/mol.